The van der Waals surface area contributed by atoms with Crippen LogP contribution in [0.3, 0.4) is 0 Å². The molecule has 37 heavy (non-hydrogen) atoms. The largest absolute Gasteiger partial charge is 0.490 e. The Kier molecular flexibility index (Phi) is 7.57. The molecule has 1 unspecified atom stereocenters. The van der Waals surface area contributed by atoms with Crippen LogP contribution in [0.5, 0.6) is 5.75 Å². The van der Waals surface area contributed by atoms with E-state index in [-0.39, 0.29) is 23.3 Å². The lowest BCUT2D eigenvalue weighted by molar-refractivity contribution is 0.0696. The van der Waals surface area contributed by atoms with E-state index in [1.165, 1.54) is 6.07 Å². The number of nitrogens with one attached hydrogen (secondary N) is 2. The first-order valence-electron chi connectivity index (χ1n) is 11.9. The van der Waals surface area contributed by atoms with E-state index in [0.29, 0.717) is 28.9 Å². The summed E-state index contributed by atoms with van der Waals surface area (Å²) in [5.74, 6) is -1.12. The number of aliphatic hydroxyl groups excluding tert-OH is 1. The molecule has 192 valence electrons. The Morgan fingerprint density at radius 3 is 2.43 bits per heavy atom. The molecule has 4 aromatic rings. The van der Waals surface area contributed by atoms with Gasteiger partial charge in [0.1, 0.15) is 5.75 Å². The number of aromatic carboxylic acids is 1. The number of ether oxygens (including phenoxy) is 1. The van der Waals surface area contributed by atoms with Crippen LogP contribution in [0.25, 0.3) is 22.0 Å². The van der Waals surface area contributed by atoms with Gasteiger partial charge in [0.05, 0.1) is 34.4 Å². The number of benzene rings is 3. The van der Waals surface area contributed by atoms with E-state index in [1.807, 2.05) is 44.3 Å². The number of halogens is 1. The second-order valence-corrected chi connectivity index (χ2v) is 9.99. The van der Waals surface area contributed by atoms with Crippen molar-refractivity contribution in [3.63, 3.8) is 0 Å². The molecule has 1 amide bonds. The highest BCUT2D eigenvalue weighted by Crippen LogP contribution is 2.31. The molecule has 0 radical (unpaired) electrons. The standard InChI is InChI=1S/C29H29ClN2O5/c1-17(2)37-26-11-9-18(19-8-10-22(28(35)36)24(30)13-19)12-23(26)27(34)32-29(3,16-33)14-20-15-31-25-7-5-4-6-21(20)25/h4-13,15,17,31,33H,14,16H2,1-3H3,(H,32,34)(H,35,36). The van der Waals surface area contributed by atoms with E-state index in [2.05, 4.69) is 10.3 Å². The van der Waals surface area contributed by atoms with Gasteiger partial charge in [-0.15, -0.1) is 0 Å². The second-order valence-electron chi connectivity index (χ2n) is 9.59. The van der Waals surface area contributed by atoms with Crippen LogP contribution in [0.1, 0.15) is 47.1 Å². The van der Waals surface area contributed by atoms with Crippen molar-refractivity contribution < 1.29 is 24.5 Å². The zero-order valence-electron chi connectivity index (χ0n) is 20.8. The number of carboxylic acid groups (broad SMARTS) is 1. The Labute approximate surface area is 220 Å². The molecule has 1 atom stereocenters. The van der Waals surface area contributed by atoms with E-state index in [0.717, 1.165) is 16.5 Å². The molecule has 3 aromatic carbocycles. The number of aromatic nitrogens is 1. The number of aromatic amines is 1. The normalized spacial score (nSPS) is 12.9. The SMILES string of the molecule is CC(C)Oc1ccc(-c2ccc(C(=O)O)c(Cl)c2)cc1C(=O)NC(C)(CO)Cc1c[nH]c2ccccc12. The molecule has 8 heteroatoms. The van der Waals surface area contributed by atoms with Gasteiger partial charge in [-0.1, -0.05) is 41.9 Å². The molecule has 0 fully saturated rings. The van der Waals surface area contributed by atoms with Gasteiger partial charge < -0.3 is 25.3 Å². The second kappa shape index (κ2) is 10.7. The zero-order chi connectivity index (χ0) is 26.7. The van der Waals surface area contributed by atoms with Crippen LogP contribution in [0.2, 0.25) is 5.02 Å². The van der Waals surface area contributed by atoms with Crippen molar-refractivity contribution >= 4 is 34.4 Å². The number of carboxylic acids is 1. The summed E-state index contributed by atoms with van der Waals surface area (Å²) in [6, 6.07) is 17.7. The van der Waals surface area contributed by atoms with Gasteiger partial charge in [0, 0.05) is 17.1 Å². The van der Waals surface area contributed by atoms with Crippen molar-refractivity contribution in [2.24, 2.45) is 0 Å². The predicted molar refractivity (Wildman–Crippen MR) is 145 cm³/mol. The smallest absolute Gasteiger partial charge is 0.337 e. The Hall–Kier alpha value is -3.81. The fourth-order valence-corrected chi connectivity index (χ4v) is 4.55. The van der Waals surface area contributed by atoms with Crippen LogP contribution in [-0.4, -0.2) is 45.3 Å². The quantitative estimate of drug-likeness (QED) is 0.226. The molecule has 0 saturated heterocycles. The fourth-order valence-electron chi connectivity index (χ4n) is 4.29. The van der Waals surface area contributed by atoms with E-state index < -0.39 is 17.4 Å². The Balaban J connectivity index is 1.67. The first kappa shape index (κ1) is 26.3. The summed E-state index contributed by atoms with van der Waals surface area (Å²) in [5.41, 5.74) is 2.64. The fraction of sp³-hybridized carbons (Fsp3) is 0.241. The van der Waals surface area contributed by atoms with Gasteiger partial charge in [-0.3, -0.25) is 4.79 Å². The third-order valence-electron chi connectivity index (χ3n) is 6.14. The lowest BCUT2D eigenvalue weighted by atomic mass is 9.92. The molecule has 4 rings (SSSR count). The first-order valence-corrected chi connectivity index (χ1v) is 12.3. The van der Waals surface area contributed by atoms with Gasteiger partial charge in [0.2, 0.25) is 0 Å². The van der Waals surface area contributed by atoms with Gasteiger partial charge in [0.15, 0.2) is 0 Å². The average molecular weight is 521 g/mol. The molecular formula is C29H29ClN2O5. The molecule has 1 aromatic heterocycles. The predicted octanol–water partition coefficient (Wildman–Crippen LogP) is 5.70. The van der Waals surface area contributed by atoms with Crippen LogP contribution in [0.15, 0.2) is 66.9 Å². The average Bonchev–Trinajstić information content (AvgIpc) is 3.26. The highest BCUT2D eigenvalue weighted by Gasteiger charge is 2.29. The third kappa shape index (κ3) is 5.79. The number of H-pyrrole nitrogens is 1. The van der Waals surface area contributed by atoms with Crippen molar-refractivity contribution in [1.29, 1.82) is 0 Å². The monoisotopic (exact) mass is 520 g/mol. The maximum atomic E-state index is 13.6. The number of rotatable bonds is 9. The van der Waals surface area contributed by atoms with Crippen LogP contribution in [-0.2, 0) is 6.42 Å². The van der Waals surface area contributed by atoms with Gasteiger partial charge in [0.25, 0.3) is 5.91 Å². The molecular weight excluding hydrogens is 492 g/mol. The number of hydrogen-bond donors (Lipinski definition) is 4. The van der Waals surface area contributed by atoms with Crippen LogP contribution >= 0.6 is 11.6 Å². The van der Waals surface area contributed by atoms with E-state index >= 15 is 0 Å². The summed E-state index contributed by atoms with van der Waals surface area (Å²) < 4.78 is 5.91. The molecule has 0 bridgehead atoms. The summed E-state index contributed by atoms with van der Waals surface area (Å²) >= 11 is 6.18. The molecule has 4 N–H and O–H groups in total. The minimum absolute atomic E-state index is 0.000798. The van der Waals surface area contributed by atoms with E-state index in [9.17, 15) is 19.8 Å². The van der Waals surface area contributed by atoms with Crippen LogP contribution in [0, 0.1) is 0 Å². The minimum Gasteiger partial charge on any atom is -0.490 e. The molecule has 0 saturated carbocycles. The Morgan fingerprint density at radius 1 is 1.05 bits per heavy atom. The van der Waals surface area contributed by atoms with Crippen molar-refractivity contribution in [3.8, 4) is 16.9 Å². The van der Waals surface area contributed by atoms with Gasteiger partial charge in [-0.05, 0) is 74.2 Å². The highest BCUT2D eigenvalue weighted by atomic mass is 35.5. The van der Waals surface area contributed by atoms with Crippen molar-refractivity contribution in [1.82, 2.24) is 10.3 Å². The maximum absolute atomic E-state index is 13.6. The molecule has 1 heterocycles. The zero-order valence-corrected chi connectivity index (χ0v) is 21.6. The van der Waals surface area contributed by atoms with Gasteiger partial charge >= 0.3 is 5.97 Å². The molecule has 0 aliphatic rings. The lowest BCUT2D eigenvalue weighted by Gasteiger charge is -2.29. The summed E-state index contributed by atoms with van der Waals surface area (Å²) in [7, 11) is 0. The number of para-hydroxylation sites is 1. The summed E-state index contributed by atoms with van der Waals surface area (Å²) in [6.45, 7) is 5.26. The van der Waals surface area contributed by atoms with Crippen LogP contribution < -0.4 is 10.1 Å². The summed E-state index contributed by atoms with van der Waals surface area (Å²) in [4.78, 5) is 28.2. The number of carbonyl (C=O) groups excluding carboxylic acids is 1. The summed E-state index contributed by atoms with van der Waals surface area (Å²) in [6.07, 6.45) is 2.13. The van der Waals surface area contributed by atoms with Crippen LogP contribution in [0.4, 0.5) is 0 Å². The minimum atomic E-state index is -1.12. The van der Waals surface area contributed by atoms with Gasteiger partial charge in [-0.25, -0.2) is 4.79 Å². The van der Waals surface area contributed by atoms with Crippen molar-refractivity contribution in [2.75, 3.05) is 6.61 Å². The van der Waals surface area contributed by atoms with Gasteiger partial charge in [-0.2, -0.15) is 0 Å². The molecule has 0 aliphatic heterocycles. The summed E-state index contributed by atoms with van der Waals surface area (Å²) in [5, 5.41) is 23.7. The Bertz CT molecular complexity index is 1460. The number of carbonyl (C=O) groups is 2. The molecule has 0 spiro atoms. The molecule has 7 nitrogen and oxygen atoms in total. The highest BCUT2D eigenvalue weighted by molar-refractivity contribution is 6.33. The third-order valence-corrected chi connectivity index (χ3v) is 6.45. The van der Waals surface area contributed by atoms with E-state index in [1.54, 1.807) is 37.3 Å². The first-order chi connectivity index (χ1) is 17.6. The topological polar surface area (TPSA) is 112 Å². The number of aliphatic hydroxyl groups is 1. The Morgan fingerprint density at radius 2 is 1.76 bits per heavy atom. The number of amides is 1. The number of fused-ring (bicyclic) bond motifs is 1. The van der Waals surface area contributed by atoms with Crippen molar-refractivity contribution in [2.45, 2.75) is 38.8 Å². The number of hydrogen-bond acceptors (Lipinski definition) is 4. The lowest BCUT2D eigenvalue weighted by Crippen LogP contribution is -2.50. The molecule has 0 aliphatic carbocycles. The maximum Gasteiger partial charge on any atom is 0.337 e. The van der Waals surface area contributed by atoms with Crippen molar-refractivity contribution in [3.05, 3.63) is 88.6 Å². The van der Waals surface area contributed by atoms with E-state index in [4.69, 9.17) is 16.3 Å².